The minimum Gasteiger partial charge on any atom is -0.493 e. The van der Waals surface area contributed by atoms with Crippen LogP contribution < -0.4 is 9.47 Å². The quantitative estimate of drug-likeness (QED) is 0.803. The Morgan fingerprint density at radius 3 is 2.44 bits per heavy atom. The lowest BCUT2D eigenvalue weighted by atomic mass is 9.95. The van der Waals surface area contributed by atoms with Crippen molar-refractivity contribution < 1.29 is 9.47 Å². The van der Waals surface area contributed by atoms with E-state index in [2.05, 4.69) is 44.2 Å². The van der Waals surface area contributed by atoms with Gasteiger partial charge >= 0.3 is 0 Å². The molecule has 0 N–H and O–H groups in total. The summed E-state index contributed by atoms with van der Waals surface area (Å²) in [6.45, 7) is 4.08. The van der Waals surface area contributed by atoms with Crippen molar-refractivity contribution in [1.82, 2.24) is 25.1 Å². The molecule has 0 bridgehead atoms. The molecule has 1 aliphatic heterocycles. The van der Waals surface area contributed by atoms with Crippen molar-refractivity contribution in [2.45, 2.75) is 64.1 Å². The van der Waals surface area contributed by atoms with Gasteiger partial charge in [0.25, 0.3) is 0 Å². The van der Waals surface area contributed by atoms with Crippen LogP contribution in [0.5, 0.6) is 11.5 Å². The van der Waals surface area contributed by atoms with Crippen LogP contribution in [0.4, 0.5) is 0 Å². The third kappa shape index (κ3) is 3.52. The largest absolute Gasteiger partial charge is 0.493 e. The fraction of sp³-hybridized carbons (Fsp3) is 0.650. The summed E-state index contributed by atoms with van der Waals surface area (Å²) in [5.41, 5.74) is 2.63. The molecule has 0 amide bonds. The number of rotatable bonds is 5. The fourth-order valence-corrected chi connectivity index (χ4v) is 4.46. The Labute approximate surface area is 160 Å². The second-order valence-corrected chi connectivity index (χ2v) is 7.65. The standard InChI is InChI=1S/C20H29N5O2/c1-14(20-21-22-23-25(20)17-7-5-4-6-8-17)24-10-9-15-11-18(26-2)19(27-3)12-16(15)13-24/h11-12,14,17H,4-10,13H2,1-3H3. The second kappa shape index (κ2) is 7.84. The van der Waals surface area contributed by atoms with Gasteiger partial charge in [-0.2, -0.15) is 0 Å². The van der Waals surface area contributed by atoms with E-state index in [4.69, 9.17) is 9.47 Å². The van der Waals surface area contributed by atoms with Crippen LogP contribution in [0, 0.1) is 0 Å². The number of aromatic nitrogens is 4. The van der Waals surface area contributed by atoms with Crippen LogP contribution in [0.25, 0.3) is 0 Å². The summed E-state index contributed by atoms with van der Waals surface area (Å²) < 4.78 is 13.0. The van der Waals surface area contributed by atoms with Crippen molar-refractivity contribution >= 4 is 0 Å². The molecule has 0 radical (unpaired) electrons. The van der Waals surface area contributed by atoms with E-state index < -0.39 is 0 Å². The zero-order valence-electron chi connectivity index (χ0n) is 16.5. The van der Waals surface area contributed by atoms with Gasteiger partial charge in [-0.15, -0.1) is 5.10 Å². The van der Waals surface area contributed by atoms with Crippen LogP contribution in [-0.2, 0) is 13.0 Å². The number of fused-ring (bicyclic) bond motifs is 1. The smallest absolute Gasteiger partial charge is 0.168 e. The average molecular weight is 371 g/mol. The first kappa shape index (κ1) is 18.2. The average Bonchev–Trinajstić information content (AvgIpc) is 3.22. The highest BCUT2D eigenvalue weighted by Crippen LogP contribution is 2.36. The van der Waals surface area contributed by atoms with Crippen LogP contribution in [-0.4, -0.2) is 45.9 Å². The Morgan fingerprint density at radius 1 is 1.04 bits per heavy atom. The molecule has 1 atom stereocenters. The summed E-state index contributed by atoms with van der Waals surface area (Å²) in [5.74, 6) is 2.59. The predicted octanol–water partition coefficient (Wildman–Crippen LogP) is 3.31. The van der Waals surface area contributed by atoms with Gasteiger partial charge in [0.2, 0.25) is 0 Å². The van der Waals surface area contributed by atoms with Crippen LogP contribution >= 0.6 is 0 Å². The molecule has 7 nitrogen and oxygen atoms in total. The van der Waals surface area contributed by atoms with Crippen molar-refractivity contribution in [2.24, 2.45) is 0 Å². The van der Waals surface area contributed by atoms with E-state index >= 15 is 0 Å². The number of hydrogen-bond acceptors (Lipinski definition) is 6. The van der Waals surface area contributed by atoms with Gasteiger partial charge in [0.15, 0.2) is 17.3 Å². The highest BCUT2D eigenvalue weighted by molar-refractivity contribution is 5.48. The summed E-state index contributed by atoms with van der Waals surface area (Å²) in [6, 6.07) is 4.86. The number of nitrogens with zero attached hydrogens (tertiary/aromatic N) is 5. The first-order valence-electron chi connectivity index (χ1n) is 9.97. The van der Waals surface area contributed by atoms with E-state index in [1.54, 1.807) is 14.2 Å². The van der Waals surface area contributed by atoms with E-state index in [1.807, 2.05) is 0 Å². The zero-order valence-corrected chi connectivity index (χ0v) is 16.5. The van der Waals surface area contributed by atoms with Gasteiger partial charge in [-0.1, -0.05) is 19.3 Å². The SMILES string of the molecule is COc1cc2c(cc1OC)CN(C(C)c1nnnn1C1CCCCC1)CC2. The normalized spacial score (nSPS) is 19.5. The summed E-state index contributed by atoms with van der Waals surface area (Å²) in [5, 5.41) is 12.7. The lowest BCUT2D eigenvalue weighted by molar-refractivity contribution is 0.173. The number of benzene rings is 1. The highest BCUT2D eigenvalue weighted by Gasteiger charge is 2.29. The van der Waals surface area contributed by atoms with Crippen LogP contribution in [0.2, 0.25) is 0 Å². The molecule has 2 aliphatic rings. The number of tetrazole rings is 1. The Morgan fingerprint density at radius 2 is 1.74 bits per heavy atom. The summed E-state index contributed by atoms with van der Waals surface area (Å²) in [4.78, 5) is 2.46. The molecule has 1 saturated carbocycles. The minimum atomic E-state index is 0.183. The third-order valence-electron chi connectivity index (χ3n) is 6.11. The Kier molecular flexibility index (Phi) is 5.29. The van der Waals surface area contributed by atoms with Crippen LogP contribution in [0.1, 0.15) is 68.1 Å². The van der Waals surface area contributed by atoms with Gasteiger partial charge in [-0.3, -0.25) is 4.90 Å². The maximum atomic E-state index is 5.49. The van der Waals surface area contributed by atoms with E-state index in [0.717, 1.165) is 36.8 Å². The molecule has 27 heavy (non-hydrogen) atoms. The first-order chi connectivity index (χ1) is 13.2. The van der Waals surface area contributed by atoms with Gasteiger partial charge in [-0.05, 0) is 59.9 Å². The third-order valence-corrected chi connectivity index (χ3v) is 6.11. The molecule has 4 rings (SSSR count). The van der Waals surface area contributed by atoms with Crippen molar-refractivity contribution in [3.05, 3.63) is 29.1 Å². The molecule has 1 aromatic heterocycles. The molecule has 1 aliphatic carbocycles. The molecule has 2 aromatic rings. The molecule has 146 valence electrons. The van der Waals surface area contributed by atoms with Gasteiger partial charge in [0, 0.05) is 13.1 Å². The topological polar surface area (TPSA) is 65.3 Å². The summed E-state index contributed by atoms with van der Waals surface area (Å²) in [6.07, 6.45) is 7.24. The Balaban J connectivity index is 1.55. The molecule has 7 heteroatoms. The maximum Gasteiger partial charge on any atom is 0.168 e. The van der Waals surface area contributed by atoms with Crippen LogP contribution in [0.3, 0.4) is 0 Å². The van der Waals surface area contributed by atoms with Gasteiger partial charge in [0.1, 0.15) is 0 Å². The van der Waals surface area contributed by atoms with Gasteiger partial charge < -0.3 is 9.47 Å². The number of hydrogen-bond donors (Lipinski definition) is 0. The first-order valence-corrected chi connectivity index (χ1v) is 9.97. The molecular formula is C20H29N5O2. The molecular weight excluding hydrogens is 342 g/mol. The van der Waals surface area contributed by atoms with Crippen LogP contribution in [0.15, 0.2) is 12.1 Å². The number of methoxy groups -OCH3 is 2. The molecule has 0 spiro atoms. The highest BCUT2D eigenvalue weighted by atomic mass is 16.5. The second-order valence-electron chi connectivity index (χ2n) is 7.65. The van der Waals surface area contributed by atoms with E-state index in [0.29, 0.717) is 6.04 Å². The Bertz CT molecular complexity index is 785. The van der Waals surface area contributed by atoms with Gasteiger partial charge in [0.05, 0.1) is 26.3 Å². The molecule has 1 aromatic carbocycles. The van der Waals surface area contributed by atoms with Crippen molar-refractivity contribution in [3.63, 3.8) is 0 Å². The number of ether oxygens (including phenoxy) is 2. The van der Waals surface area contributed by atoms with Crippen molar-refractivity contribution in [2.75, 3.05) is 20.8 Å². The van der Waals surface area contributed by atoms with Gasteiger partial charge in [-0.25, -0.2) is 4.68 Å². The summed E-state index contributed by atoms with van der Waals surface area (Å²) >= 11 is 0. The Hall–Kier alpha value is -2.15. The molecule has 0 saturated heterocycles. The minimum absolute atomic E-state index is 0.183. The maximum absolute atomic E-state index is 5.49. The summed E-state index contributed by atoms with van der Waals surface area (Å²) in [7, 11) is 3.37. The molecule has 1 fully saturated rings. The van der Waals surface area contributed by atoms with Crippen molar-refractivity contribution in [1.29, 1.82) is 0 Å². The molecule has 1 unspecified atom stereocenters. The van der Waals surface area contributed by atoms with E-state index in [-0.39, 0.29) is 6.04 Å². The fourth-order valence-electron chi connectivity index (χ4n) is 4.46. The van der Waals surface area contributed by atoms with Crippen molar-refractivity contribution in [3.8, 4) is 11.5 Å². The molecule has 2 heterocycles. The van der Waals surface area contributed by atoms with E-state index in [9.17, 15) is 0 Å². The lowest BCUT2D eigenvalue weighted by Crippen LogP contribution is -2.35. The monoisotopic (exact) mass is 371 g/mol. The lowest BCUT2D eigenvalue weighted by Gasteiger charge is -2.34. The van der Waals surface area contributed by atoms with E-state index in [1.165, 1.54) is 43.2 Å². The zero-order chi connectivity index (χ0) is 18.8. The predicted molar refractivity (Wildman–Crippen MR) is 102 cm³/mol.